The number of carbonyl (C=O) groups excluding carboxylic acids is 1. The van der Waals surface area contributed by atoms with Crippen LogP contribution >= 0.6 is 15.9 Å². The molecule has 7 heteroatoms. The normalized spacial score (nSPS) is 10.8. The summed E-state index contributed by atoms with van der Waals surface area (Å²) in [4.78, 5) is 22.6. The van der Waals surface area contributed by atoms with Gasteiger partial charge >= 0.3 is 12.0 Å². The van der Waals surface area contributed by atoms with Gasteiger partial charge < -0.3 is 20.5 Å². The summed E-state index contributed by atoms with van der Waals surface area (Å²) >= 11 is 3.30. The highest BCUT2D eigenvalue weighted by molar-refractivity contribution is 9.10. The summed E-state index contributed by atoms with van der Waals surface area (Å²) in [5.41, 5.74) is -0.361. The molecule has 0 aliphatic heterocycles. The minimum atomic E-state index is -0.977. The van der Waals surface area contributed by atoms with Gasteiger partial charge in [0.25, 0.3) is 0 Å². The van der Waals surface area contributed by atoms with E-state index in [2.05, 4.69) is 26.6 Å². The van der Waals surface area contributed by atoms with Crippen LogP contribution in [0.5, 0.6) is 5.75 Å². The maximum atomic E-state index is 11.9. The smallest absolute Gasteiger partial charge is 0.319 e. The zero-order chi connectivity index (χ0) is 15.3. The van der Waals surface area contributed by atoms with Crippen molar-refractivity contribution in [1.29, 1.82) is 0 Å². The van der Waals surface area contributed by atoms with Crippen molar-refractivity contribution >= 4 is 33.6 Å². The number of ether oxygens (including phenoxy) is 1. The fourth-order valence-electron chi connectivity index (χ4n) is 1.66. The summed E-state index contributed by atoms with van der Waals surface area (Å²) in [6.45, 7) is 3.28. The lowest BCUT2D eigenvalue weighted by Gasteiger charge is -2.24. The van der Waals surface area contributed by atoms with Gasteiger partial charge in [-0.1, -0.05) is 15.9 Å². The molecule has 0 aliphatic carbocycles. The summed E-state index contributed by atoms with van der Waals surface area (Å²) in [5, 5.41) is 14.0. The molecule has 0 spiro atoms. The number of amides is 2. The maximum Gasteiger partial charge on any atom is 0.319 e. The van der Waals surface area contributed by atoms with E-state index in [9.17, 15) is 9.59 Å². The van der Waals surface area contributed by atoms with Gasteiger partial charge in [-0.05, 0) is 32.0 Å². The lowest BCUT2D eigenvalue weighted by atomic mass is 10.0. The zero-order valence-electron chi connectivity index (χ0n) is 11.5. The van der Waals surface area contributed by atoms with Crippen molar-refractivity contribution in [3.05, 3.63) is 22.7 Å². The fourth-order valence-corrected chi connectivity index (χ4v) is 2.02. The molecule has 2 amide bonds. The number of nitrogens with one attached hydrogen (secondary N) is 2. The second kappa shape index (κ2) is 6.60. The van der Waals surface area contributed by atoms with Crippen molar-refractivity contribution in [3.8, 4) is 5.75 Å². The summed E-state index contributed by atoms with van der Waals surface area (Å²) in [7, 11) is 1.50. The van der Waals surface area contributed by atoms with Crippen molar-refractivity contribution < 1.29 is 19.4 Å². The summed E-state index contributed by atoms with van der Waals surface area (Å²) in [6, 6.07) is 4.70. The van der Waals surface area contributed by atoms with Gasteiger partial charge in [0.2, 0.25) is 0 Å². The van der Waals surface area contributed by atoms with Gasteiger partial charge in [0, 0.05) is 10.0 Å². The lowest BCUT2D eigenvalue weighted by molar-refractivity contribution is -0.138. The molecule has 0 saturated heterocycles. The number of aliphatic carboxylic acids is 1. The molecule has 1 aromatic carbocycles. The number of halogens is 1. The number of benzene rings is 1. The fraction of sp³-hybridized carbons (Fsp3) is 0.385. The van der Waals surface area contributed by atoms with Crippen molar-refractivity contribution in [2.24, 2.45) is 0 Å². The maximum absolute atomic E-state index is 11.9. The molecule has 1 rings (SSSR count). The number of rotatable bonds is 5. The van der Waals surface area contributed by atoms with E-state index in [1.165, 1.54) is 7.11 Å². The van der Waals surface area contributed by atoms with Crippen molar-refractivity contribution in [3.63, 3.8) is 0 Å². The molecule has 110 valence electrons. The van der Waals surface area contributed by atoms with E-state index < -0.39 is 17.5 Å². The number of hydrogen-bond acceptors (Lipinski definition) is 3. The minimum absolute atomic E-state index is 0.171. The average molecular weight is 345 g/mol. The molecule has 0 atom stereocenters. The Morgan fingerprint density at radius 2 is 2.05 bits per heavy atom. The number of carbonyl (C=O) groups is 2. The third-order valence-electron chi connectivity index (χ3n) is 2.45. The van der Waals surface area contributed by atoms with E-state index in [1.54, 1.807) is 32.0 Å². The van der Waals surface area contributed by atoms with E-state index in [0.29, 0.717) is 11.4 Å². The van der Waals surface area contributed by atoms with Crippen molar-refractivity contribution in [2.75, 3.05) is 12.4 Å². The molecule has 1 aromatic rings. The van der Waals surface area contributed by atoms with Crippen LogP contribution in [0.2, 0.25) is 0 Å². The second-order valence-corrected chi connectivity index (χ2v) is 5.79. The third kappa shape index (κ3) is 5.08. The topological polar surface area (TPSA) is 87.7 Å². The largest absolute Gasteiger partial charge is 0.495 e. The quantitative estimate of drug-likeness (QED) is 0.766. The first kappa shape index (κ1) is 16.3. The van der Waals surface area contributed by atoms with Gasteiger partial charge in [-0.25, -0.2) is 4.79 Å². The molecular weight excluding hydrogens is 328 g/mol. The molecule has 20 heavy (non-hydrogen) atoms. The Hall–Kier alpha value is -1.76. The number of anilines is 1. The van der Waals surface area contributed by atoms with E-state index in [1.807, 2.05) is 0 Å². The first-order valence-corrected chi connectivity index (χ1v) is 6.67. The van der Waals surface area contributed by atoms with Crippen LogP contribution in [-0.2, 0) is 4.79 Å². The molecule has 0 fully saturated rings. The number of carboxylic acid groups (broad SMARTS) is 1. The zero-order valence-corrected chi connectivity index (χ0v) is 13.1. The van der Waals surface area contributed by atoms with Crippen LogP contribution < -0.4 is 15.4 Å². The highest BCUT2D eigenvalue weighted by Crippen LogP contribution is 2.27. The SMILES string of the molecule is COc1ccc(Br)cc1NC(=O)NC(C)(C)CC(=O)O. The van der Waals surface area contributed by atoms with Crippen molar-refractivity contribution in [1.82, 2.24) is 5.32 Å². The second-order valence-electron chi connectivity index (χ2n) is 4.88. The van der Waals surface area contributed by atoms with E-state index in [4.69, 9.17) is 9.84 Å². The van der Waals surface area contributed by atoms with Gasteiger partial charge in [-0.2, -0.15) is 0 Å². The standard InChI is InChI=1S/C13H17BrN2O4/c1-13(2,7-11(17)18)16-12(19)15-9-6-8(14)4-5-10(9)20-3/h4-6H,7H2,1-3H3,(H,17,18)(H2,15,16,19). The third-order valence-corrected chi connectivity index (χ3v) is 2.95. The summed E-state index contributed by atoms with van der Waals surface area (Å²) in [5.74, 6) is -0.463. The van der Waals surface area contributed by atoms with Gasteiger partial charge in [-0.15, -0.1) is 0 Å². The lowest BCUT2D eigenvalue weighted by Crippen LogP contribution is -2.46. The van der Waals surface area contributed by atoms with E-state index in [0.717, 1.165) is 4.47 Å². The van der Waals surface area contributed by atoms with Crippen molar-refractivity contribution in [2.45, 2.75) is 25.8 Å². The number of hydrogen-bond donors (Lipinski definition) is 3. The Morgan fingerprint density at radius 1 is 1.40 bits per heavy atom. The van der Waals surface area contributed by atoms with Crippen LogP contribution in [0.3, 0.4) is 0 Å². The Bertz CT molecular complexity index is 517. The number of carboxylic acids is 1. The molecule has 0 saturated carbocycles. The molecule has 0 unspecified atom stereocenters. The highest BCUT2D eigenvalue weighted by atomic mass is 79.9. The van der Waals surface area contributed by atoms with E-state index in [-0.39, 0.29) is 6.42 Å². The van der Waals surface area contributed by atoms with Gasteiger partial charge in [-0.3, -0.25) is 4.79 Å². The molecule has 0 radical (unpaired) electrons. The average Bonchev–Trinajstić information content (AvgIpc) is 2.26. The monoisotopic (exact) mass is 344 g/mol. The molecule has 6 nitrogen and oxygen atoms in total. The molecule has 0 aliphatic rings. The van der Waals surface area contributed by atoms with Crippen LogP contribution in [0.15, 0.2) is 22.7 Å². The molecule has 0 aromatic heterocycles. The summed E-state index contributed by atoms with van der Waals surface area (Å²) in [6.07, 6.45) is -0.171. The van der Waals surface area contributed by atoms with Crippen LogP contribution in [0.1, 0.15) is 20.3 Å². The first-order valence-electron chi connectivity index (χ1n) is 5.88. The van der Waals surface area contributed by atoms with Crippen LogP contribution in [-0.4, -0.2) is 29.8 Å². The van der Waals surface area contributed by atoms with E-state index >= 15 is 0 Å². The number of methoxy groups -OCH3 is 1. The highest BCUT2D eigenvalue weighted by Gasteiger charge is 2.24. The first-order chi connectivity index (χ1) is 9.23. The van der Waals surface area contributed by atoms with Gasteiger partial charge in [0.05, 0.1) is 19.2 Å². The van der Waals surface area contributed by atoms with Gasteiger partial charge in [0.15, 0.2) is 0 Å². The Kier molecular flexibility index (Phi) is 5.38. The predicted molar refractivity (Wildman–Crippen MR) is 79.2 cm³/mol. The molecular formula is C13H17BrN2O4. The van der Waals surface area contributed by atoms with Crippen LogP contribution in [0.4, 0.5) is 10.5 Å². The Labute approximate surface area is 125 Å². The molecule has 3 N–H and O–H groups in total. The Morgan fingerprint density at radius 3 is 2.60 bits per heavy atom. The predicted octanol–water partition coefficient (Wildman–Crippen LogP) is 2.83. The number of urea groups is 1. The van der Waals surface area contributed by atoms with Crippen LogP contribution in [0.25, 0.3) is 0 Å². The minimum Gasteiger partial charge on any atom is -0.495 e. The Balaban J connectivity index is 2.76. The molecule has 0 bridgehead atoms. The van der Waals surface area contributed by atoms with Crippen LogP contribution in [0, 0.1) is 0 Å². The van der Waals surface area contributed by atoms with Gasteiger partial charge in [0.1, 0.15) is 5.75 Å². The summed E-state index contributed by atoms with van der Waals surface area (Å²) < 4.78 is 5.93. The molecule has 0 heterocycles.